The first-order valence-electron chi connectivity index (χ1n) is 7.74. The van der Waals surface area contributed by atoms with Gasteiger partial charge >= 0.3 is 5.97 Å². The van der Waals surface area contributed by atoms with Gasteiger partial charge in [-0.05, 0) is 42.8 Å². The second-order valence-electron chi connectivity index (χ2n) is 5.38. The van der Waals surface area contributed by atoms with Crippen molar-refractivity contribution in [2.24, 2.45) is 0 Å². The fraction of sp³-hybridized carbons (Fsp3) is 0.100. The van der Waals surface area contributed by atoms with Crippen molar-refractivity contribution in [1.82, 2.24) is 4.98 Å². The molecule has 3 aromatic rings. The number of carbonyl (C=O) groups excluding carboxylic acids is 1. The van der Waals surface area contributed by atoms with Crippen molar-refractivity contribution in [3.8, 4) is 11.5 Å². The highest BCUT2D eigenvalue weighted by Gasteiger charge is 2.12. The van der Waals surface area contributed by atoms with E-state index in [-0.39, 0.29) is 12.4 Å². The molecule has 0 aliphatic rings. The number of ether oxygens (including phenoxy) is 1. The summed E-state index contributed by atoms with van der Waals surface area (Å²) in [5.74, 6) is 0.190. The van der Waals surface area contributed by atoms with Crippen molar-refractivity contribution in [2.75, 3.05) is 0 Å². The fourth-order valence-electron chi connectivity index (χ4n) is 2.23. The second-order valence-corrected chi connectivity index (χ2v) is 5.38. The average Bonchev–Trinajstić information content (AvgIpc) is 3.00. The van der Waals surface area contributed by atoms with Crippen LogP contribution in [0.15, 0.2) is 65.1 Å². The van der Waals surface area contributed by atoms with Crippen molar-refractivity contribution in [1.29, 1.82) is 0 Å². The first-order chi connectivity index (χ1) is 12.1. The molecule has 0 bridgehead atoms. The number of aryl methyl sites for hydroxylation is 1. The number of nitrogens with zero attached hydrogens (tertiary/aromatic N) is 1. The van der Waals surface area contributed by atoms with E-state index < -0.39 is 5.97 Å². The molecule has 0 saturated carbocycles. The quantitative estimate of drug-likeness (QED) is 0.506. The van der Waals surface area contributed by atoms with Gasteiger partial charge in [-0.1, -0.05) is 30.3 Å². The smallest absolute Gasteiger partial charge is 0.331 e. The summed E-state index contributed by atoms with van der Waals surface area (Å²) in [4.78, 5) is 16.2. The number of halogens is 1. The number of esters is 1. The summed E-state index contributed by atoms with van der Waals surface area (Å²) in [7, 11) is 0. The Labute approximate surface area is 144 Å². The molecule has 0 spiro atoms. The van der Waals surface area contributed by atoms with Gasteiger partial charge in [0.25, 0.3) is 0 Å². The molecule has 1 heterocycles. The van der Waals surface area contributed by atoms with Gasteiger partial charge in [0.05, 0.1) is 0 Å². The first-order valence-corrected chi connectivity index (χ1v) is 7.74. The third kappa shape index (κ3) is 4.41. The Morgan fingerprint density at radius 3 is 2.76 bits per heavy atom. The molecule has 25 heavy (non-hydrogen) atoms. The maximum absolute atomic E-state index is 13.1. The van der Waals surface area contributed by atoms with Crippen LogP contribution in [0.2, 0.25) is 0 Å². The van der Waals surface area contributed by atoms with Crippen molar-refractivity contribution in [2.45, 2.75) is 13.5 Å². The van der Waals surface area contributed by atoms with E-state index >= 15 is 0 Å². The molecule has 0 aliphatic carbocycles. The minimum absolute atomic E-state index is 0.00842. The van der Waals surface area contributed by atoms with E-state index in [1.54, 1.807) is 19.1 Å². The zero-order chi connectivity index (χ0) is 17.6. The summed E-state index contributed by atoms with van der Waals surface area (Å²) in [6, 6.07) is 15.4. The van der Waals surface area contributed by atoms with Gasteiger partial charge in [-0.15, -0.1) is 0 Å². The van der Waals surface area contributed by atoms with Gasteiger partial charge in [-0.25, -0.2) is 14.2 Å². The molecule has 0 aliphatic heterocycles. The van der Waals surface area contributed by atoms with Crippen LogP contribution in [0.5, 0.6) is 0 Å². The average molecular weight is 337 g/mol. The molecule has 1 aromatic heterocycles. The minimum Gasteiger partial charge on any atom is -0.456 e. The molecule has 0 N–H and O–H groups in total. The van der Waals surface area contributed by atoms with Gasteiger partial charge in [0, 0.05) is 11.6 Å². The van der Waals surface area contributed by atoms with E-state index in [1.165, 1.54) is 24.3 Å². The zero-order valence-electron chi connectivity index (χ0n) is 13.6. The molecule has 5 heteroatoms. The molecule has 3 rings (SSSR count). The highest BCUT2D eigenvalue weighted by atomic mass is 19.1. The second kappa shape index (κ2) is 7.57. The van der Waals surface area contributed by atoms with Crippen LogP contribution in [0.3, 0.4) is 0 Å². The molecule has 0 radical (unpaired) electrons. The summed E-state index contributed by atoms with van der Waals surface area (Å²) in [5, 5.41) is 0. The van der Waals surface area contributed by atoms with Gasteiger partial charge in [0.1, 0.15) is 23.9 Å². The number of hydrogen-bond acceptors (Lipinski definition) is 4. The van der Waals surface area contributed by atoms with E-state index in [2.05, 4.69) is 4.98 Å². The third-order valence-electron chi connectivity index (χ3n) is 3.53. The normalized spacial score (nSPS) is 11.0. The maximum atomic E-state index is 13.1. The van der Waals surface area contributed by atoms with E-state index in [4.69, 9.17) is 9.15 Å². The SMILES string of the molecule is Cc1oc(-c2ccccc2)nc1COC(=O)/C=C/c1cccc(F)c1. The Kier molecular flexibility index (Phi) is 5.04. The minimum atomic E-state index is -0.534. The number of oxazole rings is 1. The molecular formula is C20H16FNO3. The van der Waals surface area contributed by atoms with Crippen LogP contribution in [0.25, 0.3) is 17.5 Å². The van der Waals surface area contributed by atoms with Crippen molar-refractivity contribution >= 4 is 12.0 Å². The lowest BCUT2D eigenvalue weighted by molar-refractivity contribution is -0.139. The Morgan fingerprint density at radius 2 is 2.00 bits per heavy atom. The van der Waals surface area contributed by atoms with Crippen LogP contribution in [0.4, 0.5) is 4.39 Å². The van der Waals surface area contributed by atoms with Crippen LogP contribution >= 0.6 is 0 Å². The molecule has 0 amide bonds. The van der Waals surface area contributed by atoms with Gasteiger partial charge in [0.2, 0.25) is 5.89 Å². The Balaban J connectivity index is 1.62. The summed E-state index contributed by atoms with van der Waals surface area (Å²) < 4.78 is 23.9. The van der Waals surface area contributed by atoms with Gasteiger partial charge in [-0.3, -0.25) is 0 Å². The van der Waals surface area contributed by atoms with Gasteiger partial charge < -0.3 is 9.15 Å². The first kappa shape index (κ1) is 16.6. The van der Waals surface area contributed by atoms with E-state index in [0.717, 1.165) is 5.56 Å². The summed E-state index contributed by atoms with van der Waals surface area (Å²) >= 11 is 0. The lowest BCUT2D eigenvalue weighted by Crippen LogP contribution is -2.02. The number of carbonyl (C=O) groups is 1. The van der Waals surface area contributed by atoms with Gasteiger partial charge in [0.15, 0.2) is 0 Å². The molecule has 2 aromatic carbocycles. The molecule has 0 saturated heterocycles. The summed E-state index contributed by atoms with van der Waals surface area (Å²) in [6.45, 7) is 1.78. The number of hydrogen-bond donors (Lipinski definition) is 0. The van der Waals surface area contributed by atoms with Crippen molar-refractivity contribution in [3.63, 3.8) is 0 Å². The molecule has 0 fully saturated rings. The third-order valence-corrected chi connectivity index (χ3v) is 3.53. The van der Waals surface area contributed by atoms with E-state index in [9.17, 15) is 9.18 Å². The van der Waals surface area contributed by atoms with Crippen LogP contribution in [0, 0.1) is 12.7 Å². The van der Waals surface area contributed by atoms with Gasteiger partial charge in [-0.2, -0.15) is 0 Å². The summed E-state index contributed by atoms with van der Waals surface area (Å²) in [5.41, 5.74) is 2.00. The standard InChI is InChI=1S/C20H16FNO3/c1-14-18(22-20(25-14)16-7-3-2-4-8-16)13-24-19(23)11-10-15-6-5-9-17(21)12-15/h2-12H,13H2,1H3/b11-10+. The zero-order valence-corrected chi connectivity index (χ0v) is 13.6. The number of rotatable bonds is 5. The summed E-state index contributed by atoms with van der Waals surface area (Å²) in [6.07, 6.45) is 2.75. The number of aromatic nitrogens is 1. The van der Waals surface area contributed by atoms with Crippen LogP contribution in [0.1, 0.15) is 17.0 Å². The molecular weight excluding hydrogens is 321 g/mol. The van der Waals surface area contributed by atoms with E-state index in [0.29, 0.717) is 22.9 Å². The van der Waals surface area contributed by atoms with Crippen molar-refractivity contribution in [3.05, 3.63) is 83.5 Å². The Bertz CT molecular complexity index is 900. The van der Waals surface area contributed by atoms with Crippen LogP contribution < -0.4 is 0 Å². The van der Waals surface area contributed by atoms with Crippen LogP contribution in [-0.4, -0.2) is 11.0 Å². The highest BCUT2D eigenvalue weighted by molar-refractivity contribution is 5.87. The van der Waals surface area contributed by atoms with Crippen LogP contribution in [-0.2, 0) is 16.1 Å². The predicted octanol–water partition coefficient (Wildman–Crippen LogP) is 4.55. The Hall–Kier alpha value is -3.21. The lowest BCUT2D eigenvalue weighted by atomic mass is 10.2. The molecule has 126 valence electrons. The molecule has 0 atom stereocenters. The highest BCUT2D eigenvalue weighted by Crippen LogP contribution is 2.21. The maximum Gasteiger partial charge on any atom is 0.331 e. The largest absolute Gasteiger partial charge is 0.456 e. The predicted molar refractivity (Wildman–Crippen MR) is 91.9 cm³/mol. The van der Waals surface area contributed by atoms with Crippen molar-refractivity contribution < 1.29 is 18.3 Å². The fourth-order valence-corrected chi connectivity index (χ4v) is 2.23. The number of benzene rings is 2. The molecule has 4 nitrogen and oxygen atoms in total. The monoisotopic (exact) mass is 337 g/mol. The lowest BCUT2D eigenvalue weighted by Gasteiger charge is -1.99. The topological polar surface area (TPSA) is 52.3 Å². The Morgan fingerprint density at radius 1 is 1.20 bits per heavy atom. The molecule has 0 unspecified atom stereocenters. The van der Waals surface area contributed by atoms with E-state index in [1.807, 2.05) is 30.3 Å².